The molecule has 1 amide bonds. The maximum Gasteiger partial charge on any atom is 0.227 e. The number of aliphatic imine (C=N–C) groups is 2. The predicted molar refractivity (Wildman–Crippen MR) is 222 cm³/mol. The van der Waals surface area contributed by atoms with Crippen LogP contribution < -0.4 is 10.6 Å². The maximum atomic E-state index is 13.5. The zero-order chi connectivity index (χ0) is 35.8. The number of nitrogens with zero attached hydrogens (tertiary/aromatic N) is 2. The molecule has 0 unspecified atom stereocenters. The maximum absolute atomic E-state index is 13.5. The molecule has 0 bridgehead atoms. The number of amides is 1. The van der Waals surface area contributed by atoms with E-state index in [4.69, 9.17) is 9.98 Å². The van der Waals surface area contributed by atoms with Crippen LogP contribution in [0.1, 0.15) is 129 Å². The van der Waals surface area contributed by atoms with Gasteiger partial charge in [-0.15, -0.1) is 0 Å². The van der Waals surface area contributed by atoms with E-state index >= 15 is 0 Å². The summed E-state index contributed by atoms with van der Waals surface area (Å²) in [6.45, 7) is 4.54. The molecule has 0 aliphatic heterocycles. The van der Waals surface area contributed by atoms with Crippen LogP contribution in [0.25, 0.3) is 0 Å². The predicted octanol–water partition coefficient (Wildman–Crippen LogP) is 14.0. The minimum absolute atomic E-state index is 0.0855. The van der Waals surface area contributed by atoms with E-state index in [1.807, 2.05) is 103 Å². The summed E-state index contributed by atoms with van der Waals surface area (Å²) in [5, 5.41) is 6.63. The minimum Gasteiger partial charge on any atom is -0.356 e. The summed E-state index contributed by atoms with van der Waals surface area (Å²) < 4.78 is 0. The third-order valence-electron chi connectivity index (χ3n) is 9.61. The average Bonchev–Trinajstić information content (AvgIpc) is 3.15. The highest BCUT2D eigenvalue weighted by Crippen LogP contribution is 2.24. The van der Waals surface area contributed by atoms with Gasteiger partial charge >= 0.3 is 0 Å². The second kappa shape index (κ2) is 24.0. The van der Waals surface area contributed by atoms with Crippen molar-refractivity contribution in [1.29, 1.82) is 0 Å². The van der Waals surface area contributed by atoms with Crippen LogP contribution in [0, 0.1) is 5.92 Å². The zero-order valence-electron chi connectivity index (χ0n) is 31.4. The third kappa shape index (κ3) is 16.1. The van der Waals surface area contributed by atoms with Crippen molar-refractivity contribution < 1.29 is 4.79 Å². The molecular formula is C46H62N4O. The Morgan fingerprint density at radius 2 is 0.882 bits per heavy atom. The number of carbonyl (C=O) groups is 1. The molecule has 0 saturated carbocycles. The molecule has 4 rings (SSSR count). The van der Waals surface area contributed by atoms with Gasteiger partial charge in [0.05, 0.1) is 22.8 Å². The molecule has 1 aliphatic carbocycles. The van der Waals surface area contributed by atoms with Crippen molar-refractivity contribution in [2.45, 2.75) is 129 Å². The summed E-state index contributed by atoms with van der Waals surface area (Å²) in [4.78, 5) is 23.0. The van der Waals surface area contributed by atoms with Gasteiger partial charge in [-0.3, -0.25) is 4.79 Å². The third-order valence-corrected chi connectivity index (χ3v) is 9.61. The summed E-state index contributed by atoms with van der Waals surface area (Å²) >= 11 is 0. The standard InChI is InChI=1S/C46H62N4O/c1-3-5-7-9-11-13-15-18-22-38(23-19-16-14-12-10-8-6-4-2)46(51)50-45-36-34-44(35-37-45)49-43-32-30-42(31-33-43)48-41-28-26-40(27-29-41)47-39-24-20-17-21-25-39/h17,20-21,24-38,47H,3-16,18-19,22-23H2,1-2H3,(H,50,51). The van der Waals surface area contributed by atoms with E-state index in [0.717, 1.165) is 65.5 Å². The van der Waals surface area contributed by atoms with Crippen LogP contribution in [0.5, 0.6) is 0 Å². The van der Waals surface area contributed by atoms with Gasteiger partial charge in [0.15, 0.2) is 0 Å². The molecule has 0 radical (unpaired) electrons. The lowest BCUT2D eigenvalue weighted by atomic mass is 9.93. The molecule has 0 spiro atoms. The van der Waals surface area contributed by atoms with E-state index in [1.165, 1.54) is 89.9 Å². The first kappa shape index (κ1) is 39.5. The van der Waals surface area contributed by atoms with E-state index in [1.54, 1.807) is 0 Å². The summed E-state index contributed by atoms with van der Waals surface area (Å²) in [5.74, 6) is 0.259. The van der Waals surface area contributed by atoms with Gasteiger partial charge in [-0.05, 0) is 97.8 Å². The number of rotatable bonds is 24. The van der Waals surface area contributed by atoms with Gasteiger partial charge in [0.25, 0.3) is 0 Å². The molecule has 0 aromatic heterocycles. The molecule has 51 heavy (non-hydrogen) atoms. The lowest BCUT2D eigenvalue weighted by Gasteiger charge is -2.17. The normalized spacial score (nSPS) is 12.4. The number of allylic oxidation sites excluding steroid dienone is 4. The molecule has 3 aromatic rings. The Bertz CT molecular complexity index is 1480. The van der Waals surface area contributed by atoms with E-state index in [-0.39, 0.29) is 11.8 Å². The fraction of sp³-hybridized carbons (Fsp3) is 0.457. The fourth-order valence-corrected chi connectivity index (χ4v) is 6.53. The van der Waals surface area contributed by atoms with Gasteiger partial charge in [-0.1, -0.05) is 135 Å². The number of carbonyl (C=O) groups excluding carboxylic acids is 1. The summed E-state index contributed by atoms with van der Waals surface area (Å²) in [6, 6.07) is 26.1. The van der Waals surface area contributed by atoms with Crippen molar-refractivity contribution in [3.63, 3.8) is 0 Å². The van der Waals surface area contributed by atoms with Crippen LogP contribution in [0.15, 0.2) is 113 Å². The first-order valence-corrected chi connectivity index (χ1v) is 20.0. The highest BCUT2D eigenvalue weighted by Gasteiger charge is 2.18. The van der Waals surface area contributed by atoms with Crippen molar-refractivity contribution in [2.24, 2.45) is 15.9 Å². The van der Waals surface area contributed by atoms with Gasteiger partial charge in [-0.2, -0.15) is 0 Å². The lowest BCUT2D eigenvalue weighted by Crippen LogP contribution is -2.23. The molecule has 0 saturated heterocycles. The van der Waals surface area contributed by atoms with Crippen molar-refractivity contribution in [3.8, 4) is 0 Å². The number of hydrogen-bond donors (Lipinski definition) is 2. The molecule has 3 aromatic carbocycles. The second-order valence-corrected chi connectivity index (χ2v) is 14.0. The summed E-state index contributed by atoms with van der Waals surface area (Å²) in [6.07, 6.45) is 30.6. The van der Waals surface area contributed by atoms with Crippen LogP contribution in [-0.4, -0.2) is 17.3 Å². The summed E-state index contributed by atoms with van der Waals surface area (Å²) in [7, 11) is 0. The van der Waals surface area contributed by atoms with E-state index in [2.05, 4.69) is 24.5 Å². The zero-order valence-corrected chi connectivity index (χ0v) is 31.4. The van der Waals surface area contributed by atoms with Crippen molar-refractivity contribution in [3.05, 3.63) is 103 Å². The lowest BCUT2D eigenvalue weighted by molar-refractivity contribution is -0.120. The van der Waals surface area contributed by atoms with Crippen LogP contribution in [0.4, 0.5) is 28.4 Å². The Labute approximate surface area is 308 Å². The summed E-state index contributed by atoms with van der Waals surface area (Å²) in [5.41, 5.74) is 6.42. The Kier molecular flexibility index (Phi) is 18.6. The molecule has 0 atom stereocenters. The largest absolute Gasteiger partial charge is 0.356 e. The van der Waals surface area contributed by atoms with E-state index in [9.17, 15) is 4.79 Å². The Balaban J connectivity index is 1.24. The topological polar surface area (TPSA) is 65.8 Å². The second-order valence-electron chi connectivity index (χ2n) is 14.0. The van der Waals surface area contributed by atoms with Gasteiger partial charge in [-0.25, -0.2) is 9.98 Å². The number of unbranched alkanes of at least 4 members (excludes halogenated alkanes) is 14. The van der Waals surface area contributed by atoms with Gasteiger partial charge in [0, 0.05) is 23.0 Å². The molecule has 2 N–H and O–H groups in total. The first-order valence-electron chi connectivity index (χ1n) is 20.0. The van der Waals surface area contributed by atoms with Crippen molar-refractivity contribution in [1.82, 2.24) is 0 Å². The molecule has 0 heterocycles. The van der Waals surface area contributed by atoms with Crippen LogP contribution >= 0.6 is 0 Å². The SMILES string of the molecule is CCCCCCCCCCC(CCCCCCCCCC)C(=O)Nc1ccc(N=C2C=CC(=Nc3ccc(Nc4ccccc4)cc3)C=C2)cc1. The number of para-hydroxylation sites is 1. The number of benzene rings is 3. The quantitative estimate of drug-likeness (QED) is 0.0727. The Morgan fingerprint density at radius 3 is 1.33 bits per heavy atom. The number of hydrogen-bond acceptors (Lipinski definition) is 4. The fourth-order valence-electron chi connectivity index (χ4n) is 6.53. The van der Waals surface area contributed by atoms with Gasteiger partial charge < -0.3 is 10.6 Å². The number of anilines is 3. The highest BCUT2D eigenvalue weighted by molar-refractivity contribution is 6.19. The van der Waals surface area contributed by atoms with Gasteiger partial charge in [0.2, 0.25) is 5.91 Å². The number of nitrogens with one attached hydrogen (secondary N) is 2. The highest BCUT2D eigenvalue weighted by atomic mass is 16.1. The monoisotopic (exact) mass is 686 g/mol. The van der Waals surface area contributed by atoms with Crippen LogP contribution in [0.3, 0.4) is 0 Å². The first-order chi connectivity index (χ1) is 25.1. The molecule has 0 fully saturated rings. The molecule has 5 nitrogen and oxygen atoms in total. The smallest absolute Gasteiger partial charge is 0.227 e. The molecule has 272 valence electrons. The van der Waals surface area contributed by atoms with Crippen molar-refractivity contribution in [2.75, 3.05) is 10.6 Å². The van der Waals surface area contributed by atoms with E-state index < -0.39 is 0 Å². The average molecular weight is 687 g/mol. The molecular weight excluding hydrogens is 625 g/mol. The van der Waals surface area contributed by atoms with Crippen LogP contribution in [0.2, 0.25) is 0 Å². The molecule has 1 aliphatic rings. The Hall–Kier alpha value is -4.25. The van der Waals surface area contributed by atoms with Crippen molar-refractivity contribution >= 4 is 45.8 Å². The van der Waals surface area contributed by atoms with Gasteiger partial charge in [0.1, 0.15) is 0 Å². The van der Waals surface area contributed by atoms with Crippen LogP contribution in [-0.2, 0) is 4.79 Å². The molecule has 5 heteroatoms. The Morgan fingerprint density at radius 1 is 0.490 bits per heavy atom. The minimum atomic E-state index is 0.0855. The van der Waals surface area contributed by atoms with E-state index in [0.29, 0.717) is 0 Å².